The third-order valence-electron chi connectivity index (χ3n) is 4.63. The number of hydrogen-bond donors (Lipinski definition) is 0. The van der Waals surface area contributed by atoms with Crippen LogP contribution in [0.15, 0.2) is 60.7 Å². The molecule has 0 atom stereocenters. The van der Waals surface area contributed by atoms with E-state index in [9.17, 15) is 0 Å². The second-order valence-corrected chi connectivity index (χ2v) is 11.7. The minimum atomic E-state index is -2.33. The molecule has 4 heteroatoms. The zero-order chi connectivity index (χ0) is 17.5. The maximum atomic E-state index is 6.83. The molecule has 1 nitrogen and oxygen atoms in total. The minimum absolute atomic E-state index is 0. The van der Waals surface area contributed by atoms with Crippen LogP contribution in [0.3, 0.4) is 0 Å². The van der Waals surface area contributed by atoms with Crippen molar-refractivity contribution in [1.29, 1.82) is 0 Å². The average molecular weight is 399 g/mol. The van der Waals surface area contributed by atoms with Crippen LogP contribution in [0.25, 0.3) is 0 Å². The topological polar surface area (TPSA) is 9.23 Å². The summed E-state index contributed by atoms with van der Waals surface area (Å²) in [6.45, 7) is 11.7. The van der Waals surface area contributed by atoms with Gasteiger partial charge in [-0.15, -0.1) is 0 Å². The Morgan fingerprint density at radius 3 is 1.65 bits per heavy atom. The van der Waals surface area contributed by atoms with Gasteiger partial charge in [0.25, 0.3) is 8.32 Å². The van der Waals surface area contributed by atoms with E-state index >= 15 is 0 Å². The maximum Gasteiger partial charge on any atom is 2.00 e. The fourth-order valence-corrected chi connectivity index (χ4v) is 8.05. The van der Waals surface area contributed by atoms with Crippen molar-refractivity contribution in [3.63, 3.8) is 0 Å². The largest absolute Gasteiger partial charge is 2.00 e. The Bertz CT molecular complexity index is 559. The van der Waals surface area contributed by atoms with Gasteiger partial charge in [-0.1, -0.05) is 94.3 Å². The van der Waals surface area contributed by atoms with Crippen molar-refractivity contribution in [2.24, 2.45) is 0 Å². The zero-order valence-electron chi connectivity index (χ0n) is 16.5. The van der Waals surface area contributed by atoms with Crippen LogP contribution in [0.1, 0.15) is 46.5 Å². The van der Waals surface area contributed by atoms with E-state index in [-0.39, 0.29) is 40.5 Å². The van der Waals surface area contributed by atoms with Gasteiger partial charge < -0.3 is 23.8 Å². The molecule has 0 aliphatic rings. The van der Waals surface area contributed by atoms with Gasteiger partial charge in [-0.3, -0.25) is 0 Å². The van der Waals surface area contributed by atoms with Crippen LogP contribution in [0.2, 0.25) is 5.04 Å². The minimum Gasteiger partial charge on any atom is -1.00 e. The van der Waals surface area contributed by atoms with E-state index < -0.39 is 8.32 Å². The molecule has 2 aromatic rings. The van der Waals surface area contributed by atoms with E-state index in [1.807, 2.05) is 0 Å². The molecule has 0 saturated carbocycles. The summed E-state index contributed by atoms with van der Waals surface area (Å²) in [7, 11) is -2.33. The predicted octanol–water partition coefficient (Wildman–Crippen LogP) is 1.58. The van der Waals surface area contributed by atoms with Gasteiger partial charge in [0.05, 0.1) is 0 Å². The summed E-state index contributed by atoms with van der Waals surface area (Å²) in [5.41, 5.74) is 0. The van der Waals surface area contributed by atoms with Crippen molar-refractivity contribution >= 4 is 41.7 Å². The van der Waals surface area contributed by atoms with Crippen LogP contribution in [-0.4, -0.2) is 38.0 Å². The Morgan fingerprint density at radius 1 is 0.808 bits per heavy atom. The summed E-state index contributed by atoms with van der Waals surface area (Å²) in [6, 6.07) is 21.7. The monoisotopic (exact) mass is 398 g/mol. The van der Waals surface area contributed by atoms with E-state index in [0.717, 1.165) is 19.4 Å². The average Bonchev–Trinajstić information content (AvgIpc) is 2.59. The molecule has 138 valence electrons. The van der Waals surface area contributed by atoms with Crippen LogP contribution < -0.4 is 22.8 Å². The van der Waals surface area contributed by atoms with E-state index in [1.165, 1.54) is 23.2 Å². The third-order valence-corrected chi connectivity index (χ3v) is 9.67. The SMILES string of the molecule is [CH2-]CCCCCO[Si](c1ccccc1)(c1ccccc1)C(C)(C)C.[Cl-].[Mg+2]. The number of unbranched alkanes of at least 4 members (excludes halogenated alkanes) is 3. The third kappa shape index (κ3) is 6.10. The number of benzene rings is 2. The Balaban J connectivity index is 0.00000312. The molecule has 0 bridgehead atoms. The Kier molecular flexibility index (Phi) is 12.0. The Hall–Kier alpha value is -0.327. The molecule has 0 aliphatic heterocycles. The first kappa shape index (κ1) is 25.7. The van der Waals surface area contributed by atoms with Crippen LogP contribution in [0.5, 0.6) is 0 Å². The Morgan fingerprint density at radius 2 is 1.27 bits per heavy atom. The van der Waals surface area contributed by atoms with E-state index in [2.05, 4.69) is 88.4 Å². The van der Waals surface area contributed by atoms with Gasteiger partial charge in [-0.2, -0.15) is 6.42 Å². The van der Waals surface area contributed by atoms with E-state index in [4.69, 9.17) is 4.43 Å². The predicted molar refractivity (Wildman–Crippen MR) is 113 cm³/mol. The van der Waals surface area contributed by atoms with Crippen molar-refractivity contribution in [3.05, 3.63) is 67.6 Å². The summed E-state index contributed by atoms with van der Waals surface area (Å²) in [5, 5.41) is 2.80. The first-order valence-corrected chi connectivity index (χ1v) is 11.0. The van der Waals surface area contributed by atoms with Crippen molar-refractivity contribution in [1.82, 2.24) is 0 Å². The van der Waals surface area contributed by atoms with Crippen LogP contribution in [-0.2, 0) is 4.43 Å². The summed E-state index contributed by atoms with van der Waals surface area (Å²) < 4.78 is 6.83. The second kappa shape index (κ2) is 12.2. The van der Waals surface area contributed by atoms with Gasteiger partial charge in [0.2, 0.25) is 0 Å². The summed E-state index contributed by atoms with van der Waals surface area (Å²) >= 11 is 0. The molecule has 0 radical (unpaired) electrons. The molecule has 0 amide bonds. The standard InChI is InChI=1S/C22H31OSi.ClH.Mg/c1-5-6-7-14-19-23-24(22(2,3)4,20-15-10-8-11-16-20)21-17-12-9-13-18-21;;/h8-13,15-18H,1,5-7,14,19H2,2-4H3;1H;/q-1;;+2/p-1. The van der Waals surface area contributed by atoms with Gasteiger partial charge in [0, 0.05) is 6.61 Å². The molecule has 0 fully saturated rings. The normalized spacial score (nSPS) is 11.4. The molecular formula is C22H31ClMgOSi. The Labute approximate surface area is 183 Å². The second-order valence-electron chi connectivity index (χ2n) is 7.43. The summed E-state index contributed by atoms with van der Waals surface area (Å²) in [4.78, 5) is 0. The number of hydrogen-bond acceptors (Lipinski definition) is 1. The smallest absolute Gasteiger partial charge is 1.00 e. The zero-order valence-corrected chi connectivity index (χ0v) is 19.7. The van der Waals surface area contributed by atoms with Crippen molar-refractivity contribution in [2.75, 3.05) is 6.61 Å². The van der Waals surface area contributed by atoms with Crippen molar-refractivity contribution in [2.45, 2.75) is 51.5 Å². The molecule has 0 aliphatic carbocycles. The van der Waals surface area contributed by atoms with Gasteiger partial charge >= 0.3 is 23.1 Å². The molecule has 0 spiro atoms. The molecule has 2 aromatic carbocycles. The van der Waals surface area contributed by atoms with Crippen LogP contribution in [0, 0.1) is 6.92 Å². The number of halogens is 1. The first-order valence-electron chi connectivity index (χ1n) is 9.06. The molecule has 0 heterocycles. The number of rotatable bonds is 8. The quantitative estimate of drug-likeness (QED) is 0.372. The van der Waals surface area contributed by atoms with E-state index in [1.54, 1.807) is 0 Å². The molecular weight excluding hydrogens is 368 g/mol. The first-order chi connectivity index (χ1) is 11.5. The molecule has 0 aromatic heterocycles. The van der Waals surface area contributed by atoms with E-state index in [0.29, 0.717) is 0 Å². The van der Waals surface area contributed by atoms with Gasteiger partial charge in [-0.05, 0) is 21.8 Å². The van der Waals surface area contributed by atoms with Gasteiger partial charge in [0.15, 0.2) is 0 Å². The summed E-state index contributed by atoms with van der Waals surface area (Å²) in [5.74, 6) is 0. The van der Waals surface area contributed by atoms with Gasteiger partial charge in [0.1, 0.15) is 0 Å². The van der Waals surface area contributed by atoms with Crippen LogP contribution in [0.4, 0.5) is 0 Å². The van der Waals surface area contributed by atoms with Gasteiger partial charge in [-0.25, -0.2) is 0 Å². The summed E-state index contributed by atoms with van der Waals surface area (Å²) in [6.07, 6.45) is 4.50. The maximum absolute atomic E-state index is 6.83. The van der Waals surface area contributed by atoms with Crippen molar-refractivity contribution < 1.29 is 16.8 Å². The molecule has 2 rings (SSSR count). The molecule has 0 saturated heterocycles. The van der Waals surface area contributed by atoms with Crippen LogP contribution >= 0.6 is 0 Å². The van der Waals surface area contributed by atoms with Crippen molar-refractivity contribution in [3.8, 4) is 0 Å². The fraction of sp³-hybridized carbons (Fsp3) is 0.409. The fourth-order valence-electron chi connectivity index (χ4n) is 3.44. The molecule has 0 N–H and O–H groups in total. The molecule has 0 unspecified atom stereocenters. The molecule has 26 heavy (non-hydrogen) atoms.